The van der Waals surface area contributed by atoms with Gasteiger partial charge >= 0.3 is 0 Å². The van der Waals surface area contributed by atoms with Crippen LogP contribution in [-0.2, 0) is 0 Å². The zero-order valence-electron chi connectivity index (χ0n) is 12.6. The molecule has 0 aromatic heterocycles. The van der Waals surface area contributed by atoms with Crippen LogP contribution >= 0.6 is 0 Å². The maximum atomic E-state index is 4.18. The number of hydrogen-bond acceptors (Lipinski definition) is 1. The third kappa shape index (κ3) is 3.96. The van der Waals surface area contributed by atoms with Gasteiger partial charge in [0, 0.05) is 13.2 Å². The van der Waals surface area contributed by atoms with E-state index < -0.39 is 0 Å². The second-order valence-corrected chi connectivity index (χ2v) is 4.93. The fraction of sp³-hybridized carbons (Fsp3) is 0.100. The van der Waals surface area contributed by atoms with E-state index in [0.717, 1.165) is 11.1 Å². The second-order valence-electron chi connectivity index (χ2n) is 4.93. The second kappa shape index (κ2) is 7.30. The van der Waals surface area contributed by atoms with E-state index in [4.69, 9.17) is 0 Å². The topological polar surface area (TPSA) is 12.0 Å². The normalized spacial score (nSPS) is 11.6. The Morgan fingerprint density at radius 1 is 0.952 bits per heavy atom. The molecule has 0 aliphatic rings. The van der Waals surface area contributed by atoms with Crippen LogP contribution in [0, 0.1) is 6.92 Å². The molecule has 0 fully saturated rings. The fourth-order valence-electron chi connectivity index (χ4n) is 2.23. The largest absolute Gasteiger partial charge is 0.393 e. The summed E-state index contributed by atoms with van der Waals surface area (Å²) in [6.07, 6.45) is 6.16. The molecular formula is C20H21N. The van der Waals surface area contributed by atoms with Gasteiger partial charge in [0.05, 0.1) is 0 Å². The van der Waals surface area contributed by atoms with Gasteiger partial charge in [-0.15, -0.1) is 0 Å². The highest BCUT2D eigenvalue weighted by Crippen LogP contribution is 2.21. The van der Waals surface area contributed by atoms with Gasteiger partial charge in [0.25, 0.3) is 0 Å². The van der Waals surface area contributed by atoms with Crippen molar-refractivity contribution < 1.29 is 0 Å². The van der Waals surface area contributed by atoms with Crippen molar-refractivity contribution in [1.29, 1.82) is 0 Å². The minimum absolute atomic E-state index is 1.02. The van der Waals surface area contributed by atoms with E-state index >= 15 is 0 Å². The van der Waals surface area contributed by atoms with Crippen LogP contribution in [0.1, 0.15) is 16.7 Å². The Bertz CT molecular complexity index is 663. The molecule has 106 valence electrons. The Morgan fingerprint density at radius 2 is 1.62 bits per heavy atom. The smallest absolute Gasteiger partial charge is 0.00412 e. The minimum atomic E-state index is 1.02. The predicted octanol–water partition coefficient (Wildman–Crippen LogP) is 4.82. The molecule has 2 rings (SSSR count). The van der Waals surface area contributed by atoms with Crippen LogP contribution in [0.15, 0.2) is 79.5 Å². The van der Waals surface area contributed by atoms with Gasteiger partial charge in [0.15, 0.2) is 0 Å². The van der Waals surface area contributed by atoms with E-state index in [9.17, 15) is 0 Å². The van der Waals surface area contributed by atoms with Gasteiger partial charge in [-0.2, -0.15) is 0 Å². The number of hydrogen-bond donors (Lipinski definition) is 1. The highest BCUT2D eigenvalue weighted by atomic mass is 14.8. The molecule has 0 amide bonds. The molecule has 0 bridgehead atoms. The van der Waals surface area contributed by atoms with Gasteiger partial charge in [-0.05, 0) is 34.8 Å². The molecule has 0 spiro atoms. The molecule has 0 heterocycles. The molecule has 0 aliphatic heterocycles. The van der Waals surface area contributed by atoms with Crippen molar-refractivity contribution in [2.75, 3.05) is 7.05 Å². The predicted molar refractivity (Wildman–Crippen MR) is 92.8 cm³/mol. The first-order valence-corrected chi connectivity index (χ1v) is 7.08. The van der Waals surface area contributed by atoms with Crippen LogP contribution in [-0.4, -0.2) is 7.05 Å². The maximum Gasteiger partial charge on any atom is 0.00412 e. The van der Waals surface area contributed by atoms with E-state index in [2.05, 4.69) is 55.2 Å². The average Bonchev–Trinajstić information content (AvgIpc) is 2.52. The van der Waals surface area contributed by atoms with Crippen molar-refractivity contribution in [3.63, 3.8) is 0 Å². The molecule has 0 atom stereocenters. The first kappa shape index (κ1) is 14.9. The van der Waals surface area contributed by atoms with Crippen molar-refractivity contribution in [2.45, 2.75) is 6.92 Å². The van der Waals surface area contributed by atoms with Crippen molar-refractivity contribution in [3.8, 4) is 0 Å². The summed E-state index contributed by atoms with van der Waals surface area (Å²) in [5.41, 5.74) is 5.76. The van der Waals surface area contributed by atoms with Crippen LogP contribution in [0.4, 0.5) is 0 Å². The lowest BCUT2D eigenvalue weighted by molar-refractivity contribution is 1.11. The minimum Gasteiger partial charge on any atom is -0.393 e. The summed E-state index contributed by atoms with van der Waals surface area (Å²) < 4.78 is 0. The van der Waals surface area contributed by atoms with Crippen molar-refractivity contribution in [1.82, 2.24) is 5.32 Å². The van der Waals surface area contributed by atoms with E-state index in [0.29, 0.717) is 0 Å². The molecule has 2 aromatic carbocycles. The Hall–Kier alpha value is -2.54. The van der Waals surface area contributed by atoms with Crippen molar-refractivity contribution in [2.24, 2.45) is 0 Å². The first-order valence-electron chi connectivity index (χ1n) is 7.08. The molecule has 21 heavy (non-hydrogen) atoms. The van der Waals surface area contributed by atoms with Gasteiger partial charge < -0.3 is 5.32 Å². The Kier molecular flexibility index (Phi) is 5.16. The summed E-state index contributed by atoms with van der Waals surface area (Å²) >= 11 is 0. The molecule has 2 aromatic rings. The molecular weight excluding hydrogens is 254 g/mol. The summed E-state index contributed by atoms with van der Waals surface area (Å²) in [5, 5.41) is 3.10. The van der Waals surface area contributed by atoms with Crippen molar-refractivity contribution >= 4 is 11.1 Å². The maximum absolute atomic E-state index is 4.18. The molecule has 0 saturated carbocycles. The summed E-state index contributed by atoms with van der Waals surface area (Å²) in [6, 6.07) is 18.6. The lowest BCUT2D eigenvalue weighted by Gasteiger charge is -2.06. The van der Waals surface area contributed by atoms with E-state index in [1.54, 1.807) is 0 Å². The molecule has 1 heteroatoms. The third-order valence-electron chi connectivity index (χ3n) is 3.36. The molecule has 1 nitrogen and oxygen atoms in total. The zero-order valence-corrected chi connectivity index (χ0v) is 12.6. The number of benzene rings is 2. The first-order chi connectivity index (χ1) is 10.2. The van der Waals surface area contributed by atoms with E-state index in [1.165, 1.54) is 16.7 Å². The highest BCUT2D eigenvalue weighted by Gasteiger charge is 2.00. The molecule has 0 radical (unpaired) electrons. The van der Waals surface area contributed by atoms with Gasteiger partial charge in [-0.3, -0.25) is 0 Å². The Labute approximate surface area is 127 Å². The number of nitrogens with one attached hydrogen (secondary N) is 1. The van der Waals surface area contributed by atoms with Crippen molar-refractivity contribution in [3.05, 3.63) is 96.2 Å². The molecule has 0 saturated heterocycles. The monoisotopic (exact) mass is 275 g/mol. The summed E-state index contributed by atoms with van der Waals surface area (Å²) in [7, 11) is 1.91. The highest BCUT2D eigenvalue weighted by molar-refractivity contribution is 5.81. The Balaban J connectivity index is 2.24. The quantitative estimate of drug-likeness (QED) is 0.771. The zero-order chi connectivity index (χ0) is 15.1. The van der Waals surface area contributed by atoms with Gasteiger partial charge in [0.2, 0.25) is 0 Å². The number of rotatable bonds is 5. The SMILES string of the molecule is C=C(/C=C\C(=C/NC)c1ccccc1)c1ccccc1C. The van der Waals surface area contributed by atoms with Crippen LogP contribution in [0.25, 0.3) is 11.1 Å². The third-order valence-corrected chi connectivity index (χ3v) is 3.36. The van der Waals surface area contributed by atoms with E-state index in [1.807, 2.05) is 43.6 Å². The standard InChI is InChI=1S/C20H21N/c1-16-9-7-8-12-20(16)17(2)13-14-19(15-21-3)18-10-5-4-6-11-18/h4-15,21H,2H2,1,3H3/b14-13-,19-15+. The Morgan fingerprint density at radius 3 is 2.29 bits per heavy atom. The van der Waals surface area contributed by atoms with Gasteiger partial charge in [-0.25, -0.2) is 0 Å². The summed E-state index contributed by atoms with van der Waals surface area (Å²) in [4.78, 5) is 0. The summed E-state index contributed by atoms with van der Waals surface area (Å²) in [5.74, 6) is 0. The lowest BCUT2D eigenvalue weighted by atomic mass is 10.00. The number of allylic oxidation sites excluding steroid dienone is 4. The van der Waals surface area contributed by atoms with Crippen LogP contribution < -0.4 is 5.32 Å². The number of aryl methyl sites for hydroxylation is 1. The van der Waals surface area contributed by atoms with Gasteiger partial charge in [-0.1, -0.05) is 73.3 Å². The molecule has 0 unspecified atom stereocenters. The fourth-order valence-corrected chi connectivity index (χ4v) is 2.23. The summed E-state index contributed by atoms with van der Waals surface area (Å²) in [6.45, 7) is 6.28. The lowest BCUT2D eigenvalue weighted by Crippen LogP contribution is -1.95. The molecule has 0 aliphatic carbocycles. The van der Waals surface area contributed by atoms with Crippen LogP contribution in [0.2, 0.25) is 0 Å². The van der Waals surface area contributed by atoms with Crippen LogP contribution in [0.3, 0.4) is 0 Å². The average molecular weight is 275 g/mol. The van der Waals surface area contributed by atoms with E-state index in [-0.39, 0.29) is 0 Å². The van der Waals surface area contributed by atoms with Crippen LogP contribution in [0.5, 0.6) is 0 Å². The molecule has 1 N–H and O–H groups in total. The van der Waals surface area contributed by atoms with Gasteiger partial charge in [0.1, 0.15) is 0 Å².